The summed E-state index contributed by atoms with van der Waals surface area (Å²) in [6, 6.07) is 10.9. The van der Waals surface area contributed by atoms with Crippen LogP contribution in [0.25, 0.3) is 0 Å². The van der Waals surface area contributed by atoms with Crippen molar-refractivity contribution in [3.05, 3.63) is 35.9 Å². The smallest absolute Gasteiger partial charge is 0.00142 e. The summed E-state index contributed by atoms with van der Waals surface area (Å²) in [4.78, 5) is 0. The van der Waals surface area contributed by atoms with Crippen molar-refractivity contribution in [2.75, 3.05) is 6.16 Å². The van der Waals surface area contributed by atoms with E-state index in [9.17, 15) is 0 Å². The second kappa shape index (κ2) is 3.36. The van der Waals surface area contributed by atoms with Gasteiger partial charge < -0.3 is 0 Å². The van der Waals surface area contributed by atoms with Crippen molar-refractivity contribution >= 4 is 8.58 Å². The second-order valence-electron chi connectivity index (χ2n) is 3.06. The maximum atomic E-state index is 2.27. The van der Waals surface area contributed by atoms with Crippen molar-refractivity contribution in [2.45, 2.75) is 18.5 Å². The van der Waals surface area contributed by atoms with Crippen LogP contribution >= 0.6 is 8.58 Å². The van der Waals surface area contributed by atoms with Gasteiger partial charge in [-0.2, -0.15) is 0 Å². The summed E-state index contributed by atoms with van der Waals surface area (Å²) in [5, 5.41) is 0. The van der Waals surface area contributed by atoms with Gasteiger partial charge in [0.25, 0.3) is 0 Å². The Kier molecular flexibility index (Phi) is 2.23. The van der Waals surface area contributed by atoms with E-state index in [-0.39, 0.29) is 0 Å². The van der Waals surface area contributed by atoms with Crippen molar-refractivity contribution in [2.24, 2.45) is 0 Å². The van der Waals surface area contributed by atoms with Gasteiger partial charge in [-0.1, -0.05) is 30.3 Å². The van der Waals surface area contributed by atoms with Crippen LogP contribution in [0.15, 0.2) is 30.3 Å². The molecule has 11 heavy (non-hydrogen) atoms. The lowest BCUT2D eigenvalue weighted by Crippen LogP contribution is -1.84. The summed E-state index contributed by atoms with van der Waals surface area (Å²) < 4.78 is 0. The molecule has 1 heteroatoms. The van der Waals surface area contributed by atoms with Gasteiger partial charge in [0, 0.05) is 5.66 Å². The van der Waals surface area contributed by atoms with Gasteiger partial charge in [-0.05, 0) is 24.6 Å². The first-order valence-electron chi connectivity index (χ1n) is 4.25. The molecule has 2 rings (SSSR count). The zero-order valence-electron chi connectivity index (χ0n) is 6.59. The first kappa shape index (κ1) is 7.31. The number of hydrogen-bond acceptors (Lipinski definition) is 0. The largest absolute Gasteiger partial charge is 0.114 e. The standard InChI is InChI=1S/C10H13P/c1-2-5-9(6-3-1)10-7-4-8-11-10/h1-3,5-6,10-11H,4,7-8H2/t10-/m1/s1. The van der Waals surface area contributed by atoms with Crippen molar-refractivity contribution in [1.82, 2.24) is 0 Å². The van der Waals surface area contributed by atoms with Crippen LogP contribution in [0.5, 0.6) is 0 Å². The monoisotopic (exact) mass is 164 g/mol. The van der Waals surface area contributed by atoms with E-state index in [1.165, 1.54) is 27.6 Å². The zero-order valence-corrected chi connectivity index (χ0v) is 7.59. The number of benzene rings is 1. The molecule has 1 heterocycles. The van der Waals surface area contributed by atoms with Crippen LogP contribution in [-0.2, 0) is 0 Å². The Labute approximate surface area is 69.8 Å². The van der Waals surface area contributed by atoms with Gasteiger partial charge in [-0.3, -0.25) is 0 Å². The average molecular weight is 164 g/mol. The number of hydrogen-bond donors (Lipinski definition) is 0. The highest BCUT2D eigenvalue weighted by molar-refractivity contribution is 7.38. The average Bonchev–Trinajstić information content (AvgIpc) is 2.58. The van der Waals surface area contributed by atoms with Crippen LogP contribution in [0.1, 0.15) is 24.1 Å². The highest BCUT2D eigenvalue weighted by Crippen LogP contribution is 2.44. The van der Waals surface area contributed by atoms with E-state index in [4.69, 9.17) is 0 Å². The molecule has 1 aromatic carbocycles. The van der Waals surface area contributed by atoms with Crippen LogP contribution in [-0.4, -0.2) is 6.16 Å². The molecule has 0 aliphatic carbocycles. The van der Waals surface area contributed by atoms with Gasteiger partial charge in [-0.25, -0.2) is 0 Å². The Balaban J connectivity index is 2.16. The molecule has 0 spiro atoms. The van der Waals surface area contributed by atoms with Crippen molar-refractivity contribution in [1.29, 1.82) is 0 Å². The molecule has 1 aliphatic heterocycles. The van der Waals surface area contributed by atoms with E-state index in [1.807, 2.05) is 0 Å². The van der Waals surface area contributed by atoms with E-state index in [0.29, 0.717) is 0 Å². The molecule has 1 unspecified atom stereocenters. The summed E-state index contributed by atoms with van der Waals surface area (Å²) in [5.74, 6) is 0. The summed E-state index contributed by atoms with van der Waals surface area (Å²) >= 11 is 0. The normalized spacial score (nSPS) is 26.0. The summed E-state index contributed by atoms with van der Waals surface area (Å²) in [6.07, 6.45) is 4.32. The third-order valence-electron chi connectivity index (χ3n) is 2.26. The molecule has 0 aromatic heterocycles. The van der Waals surface area contributed by atoms with E-state index in [1.54, 1.807) is 5.56 Å². The highest BCUT2D eigenvalue weighted by Gasteiger charge is 2.15. The molecule has 1 saturated heterocycles. The third kappa shape index (κ3) is 1.62. The predicted molar refractivity (Wildman–Crippen MR) is 51.6 cm³/mol. The molecule has 0 amide bonds. The molecular formula is C10H13P. The molecule has 0 bridgehead atoms. The van der Waals surface area contributed by atoms with Crippen LogP contribution in [0.4, 0.5) is 0 Å². The molecule has 0 radical (unpaired) electrons. The van der Waals surface area contributed by atoms with Gasteiger partial charge >= 0.3 is 0 Å². The molecule has 1 aromatic rings. The molecule has 58 valence electrons. The highest BCUT2D eigenvalue weighted by atomic mass is 31.1. The first-order valence-corrected chi connectivity index (χ1v) is 5.53. The first-order chi connectivity index (χ1) is 5.47. The Morgan fingerprint density at radius 3 is 2.64 bits per heavy atom. The van der Waals surface area contributed by atoms with Crippen LogP contribution < -0.4 is 0 Å². The molecule has 1 aliphatic rings. The molecular weight excluding hydrogens is 151 g/mol. The van der Waals surface area contributed by atoms with Gasteiger partial charge in [-0.15, -0.1) is 8.58 Å². The van der Waals surface area contributed by atoms with E-state index in [2.05, 4.69) is 30.3 Å². The predicted octanol–water partition coefficient (Wildman–Crippen LogP) is 3.20. The van der Waals surface area contributed by atoms with Gasteiger partial charge in [0.05, 0.1) is 0 Å². The molecule has 0 saturated carbocycles. The molecule has 2 atom stereocenters. The Morgan fingerprint density at radius 1 is 1.18 bits per heavy atom. The van der Waals surface area contributed by atoms with Gasteiger partial charge in [0.15, 0.2) is 0 Å². The Hall–Kier alpha value is -0.350. The molecule has 0 N–H and O–H groups in total. The second-order valence-corrected chi connectivity index (χ2v) is 4.66. The Bertz CT molecular complexity index is 212. The van der Waals surface area contributed by atoms with Crippen LogP contribution in [0, 0.1) is 0 Å². The lowest BCUT2D eigenvalue weighted by Gasteiger charge is -2.07. The topological polar surface area (TPSA) is 0 Å². The van der Waals surface area contributed by atoms with Crippen molar-refractivity contribution < 1.29 is 0 Å². The fraction of sp³-hybridized carbons (Fsp3) is 0.400. The van der Waals surface area contributed by atoms with E-state index >= 15 is 0 Å². The molecule has 1 fully saturated rings. The van der Waals surface area contributed by atoms with Crippen molar-refractivity contribution in [3.63, 3.8) is 0 Å². The third-order valence-corrected chi connectivity index (χ3v) is 4.02. The van der Waals surface area contributed by atoms with Crippen LogP contribution in [0.3, 0.4) is 0 Å². The minimum absolute atomic E-state index is 0.899. The molecule has 0 nitrogen and oxygen atoms in total. The Morgan fingerprint density at radius 2 is 2.00 bits per heavy atom. The fourth-order valence-corrected chi connectivity index (χ4v) is 3.25. The maximum absolute atomic E-state index is 2.27. The van der Waals surface area contributed by atoms with Gasteiger partial charge in [0.2, 0.25) is 0 Å². The van der Waals surface area contributed by atoms with Crippen LogP contribution in [0.2, 0.25) is 0 Å². The minimum atomic E-state index is 0.899. The lowest BCUT2D eigenvalue weighted by molar-refractivity contribution is 0.828. The lowest BCUT2D eigenvalue weighted by atomic mass is 10.1. The minimum Gasteiger partial charge on any atom is -0.114 e. The summed E-state index contributed by atoms with van der Waals surface area (Å²) in [5.41, 5.74) is 2.46. The summed E-state index contributed by atoms with van der Waals surface area (Å²) in [6.45, 7) is 0. The maximum Gasteiger partial charge on any atom is 0.00142 e. The summed E-state index contributed by atoms with van der Waals surface area (Å²) in [7, 11) is 1.18. The zero-order chi connectivity index (χ0) is 7.52. The quantitative estimate of drug-likeness (QED) is 0.559. The van der Waals surface area contributed by atoms with E-state index < -0.39 is 0 Å². The number of rotatable bonds is 1. The van der Waals surface area contributed by atoms with Crippen molar-refractivity contribution in [3.8, 4) is 0 Å². The SMILES string of the molecule is c1ccc([C@H]2CCCP2)cc1. The van der Waals surface area contributed by atoms with Gasteiger partial charge in [0.1, 0.15) is 0 Å². The fourth-order valence-electron chi connectivity index (χ4n) is 1.65. The van der Waals surface area contributed by atoms with E-state index in [0.717, 1.165) is 5.66 Å².